The molecule has 2 N–H and O–H groups in total. The Balaban J connectivity index is 3.39. The van der Waals surface area contributed by atoms with E-state index in [0.717, 1.165) is 6.54 Å². The largest absolute Gasteiger partial charge is 0.316 e. The van der Waals surface area contributed by atoms with Gasteiger partial charge in [0.1, 0.15) is 0 Å². The second-order valence-electron chi connectivity index (χ2n) is 4.07. The van der Waals surface area contributed by atoms with Crippen molar-refractivity contribution >= 4 is 10.1 Å². The van der Waals surface area contributed by atoms with E-state index in [0.29, 0.717) is 24.8 Å². The Labute approximate surface area is 86.8 Å². The molecule has 0 saturated carbocycles. The molecule has 0 spiro atoms. The third-order valence-corrected chi connectivity index (χ3v) is 3.16. The zero-order valence-corrected chi connectivity index (χ0v) is 9.97. The van der Waals surface area contributed by atoms with Crippen LogP contribution < -0.4 is 5.32 Å². The van der Waals surface area contributed by atoms with E-state index in [1.165, 1.54) is 0 Å². The van der Waals surface area contributed by atoms with Crippen molar-refractivity contribution in [1.29, 1.82) is 0 Å². The Bertz CT molecular complexity index is 236. The lowest BCUT2D eigenvalue weighted by atomic mass is 9.98. The van der Waals surface area contributed by atoms with Crippen molar-refractivity contribution in [3.8, 4) is 0 Å². The zero-order valence-electron chi connectivity index (χ0n) is 9.16. The third kappa shape index (κ3) is 8.47. The molecule has 4 nitrogen and oxygen atoms in total. The monoisotopic (exact) mass is 223 g/mol. The van der Waals surface area contributed by atoms with Gasteiger partial charge in [0.2, 0.25) is 0 Å². The van der Waals surface area contributed by atoms with Crippen molar-refractivity contribution in [2.75, 3.05) is 18.8 Å². The molecule has 0 bridgehead atoms. The first-order valence-corrected chi connectivity index (χ1v) is 6.59. The van der Waals surface area contributed by atoms with Gasteiger partial charge in [-0.05, 0) is 31.3 Å². The molecule has 0 amide bonds. The Kier molecular flexibility index (Phi) is 6.31. The number of rotatable bonds is 7. The van der Waals surface area contributed by atoms with Gasteiger partial charge in [0.25, 0.3) is 10.1 Å². The van der Waals surface area contributed by atoms with E-state index in [1.807, 2.05) is 0 Å². The second kappa shape index (κ2) is 6.37. The Hall–Kier alpha value is -0.130. The summed E-state index contributed by atoms with van der Waals surface area (Å²) in [5.41, 5.74) is 0. The van der Waals surface area contributed by atoms with Gasteiger partial charge in [0.05, 0.1) is 5.75 Å². The van der Waals surface area contributed by atoms with Crippen LogP contribution in [0.25, 0.3) is 0 Å². The molecule has 1 atom stereocenters. The molecule has 0 aromatic rings. The molecule has 86 valence electrons. The number of hydrogen-bond acceptors (Lipinski definition) is 3. The van der Waals surface area contributed by atoms with Crippen molar-refractivity contribution in [1.82, 2.24) is 5.32 Å². The Morgan fingerprint density at radius 2 is 1.86 bits per heavy atom. The molecule has 0 aliphatic heterocycles. The van der Waals surface area contributed by atoms with Gasteiger partial charge in [-0.3, -0.25) is 4.55 Å². The number of hydrogen-bond donors (Lipinski definition) is 2. The van der Waals surface area contributed by atoms with Gasteiger partial charge < -0.3 is 5.32 Å². The third-order valence-electron chi connectivity index (χ3n) is 2.36. The SMILES string of the molecule is CC(C)C(C)CNCCCS(=O)(=O)O. The van der Waals surface area contributed by atoms with Crippen LogP contribution >= 0.6 is 0 Å². The molecular weight excluding hydrogens is 202 g/mol. The summed E-state index contributed by atoms with van der Waals surface area (Å²) in [6.07, 6.45) is 0.462. The van der Waals surface area contributed by atoms with Crippen LogP contribution in [0.15, 0.2) is 0 Å². The molecule has 14 heavy (non-hydrogen) atoms. The summed E-state index contributed by atoms with van der Waals surface area (Å²) >= 11 is 0. The van der Waals surface area contributed by atoms with Gasteiger partial charge >= 0.3 is 0 Å². The van der Waals surface area contributed by atoms with Crippen molar-refractivity contribution in [3.05, 3.63) is 0 Å². The molecule has 0 aliphatic carbocycles. The lowest BCUT2D eigenvalue weighted by Crippen LogP contribution is -2.26. The maximum atomic E-state index is 10.4. The van der Waals surface area contributed by atoms with E-state index in [-0.39, 0.29) is 5.75 Å². The predicted molar refractivity (Wildman–Crippen MR) is 57.9 cm³/mol. The van der Waals surface area contributed by atoms with Gasteiger partial charge in [-0.15, -0.1) is 0 Å². The Morgan fingerprint density at radius 3 is 2.29 bits per heavy atom. The van der Waals surface area contributed by atoms with Gasteiger partial charge in [-0.1, -0.05) is 20.8 Å². The van der Waals surface area contributed by atoms with Crippen LogP contribution in [0.5, 0.6) is 0 Å². The Morgan fingerprint density at radius 1 is 1.29 bits per heavy atom. The summed E-state index contributed by atoms with van der Waals surface area (Å²) in [5, 5.41) is 3.16. The molecule has 0 heterocycles. The van der Waals surface area contributed by atoms with Crippen LogP contribution in [0.1, 0.15) is 27.2 Å². The minimum Gasteiger partial charge on any atom is -0.316 e. The fourth-order valence-electron chi connectivity index (χ4n) is 0.945. The summed E-state index contributed by atoms with van der Waals surface area (Å²) in [4.78, 5) is 0. The molecule has 0 saturated heterocycles. The highest BCUT2D eigenvalue weighted by Crippen LogP contribution is 2.07. The van der Waals surface area contributed by atoms with Crippen LogP contribution in [-0.2, 0) is 10.1 Å². The second-order valence-corrected chi connectivity index (χ2v) is 5.64. The van der Waals surface area contributed by atoms with E-state index >= 15 is 0 Å². The summed E-state index contributed by atoms with van der Waals surface area (Å²) in [5.74, 6) is 1.06. The smallest absolute Gasteiger partial charge is 0.264 e. The normalized spacial score (nSPS) is 14.6. The van der Waals surface area contributed by atoms with Gasteiger partial charge in [0.15, 0.2) is 0 Å². The fourth-order valence-corrected chi connectivity index (χ4v) is 1.45. The van der Waals surface area contributed by atoms with Crippen molar-refractivity contribution < 1.29 is 13.0 Å². The van der Waals surface area contributed by atoms with Crippen LogP contribution in [-0.4, -0.2) is 31.8 Å². The van der Waals surface area contributed by atoms with Crippen LogP contribution in [0.4, 0.5) is 0 Å². The summed E-state index contributed by atoms with van der Waals surface area (Å²) in [6, 6.07) is 0. The average Bonchev–Trinajstić information content (AvgIpc) is 2.01. The van der Waals surface area contributed by atoms with Gasteiger partial charge in [0, 0.05) is 0 Å². The van der Waals surface area contributed by atoms with E-state index in [9.17, 15) is 8.42 Å². The molecule has 5 heteroatoms. The number of nitrogens with one attached hydrogen (secondary N) is 1. The summed E-state index contributed by atoms with van der Waals surface area (Å²) in [7, 11) is -3.78. The first-order valence-electron chi connectivity index (χ1n) is 4.99. The van der Waals surface area contributed by atoms with Gasteiger partial charge in [-0.2, -0.15) is 8.42 Å². The fraction of sp³-hybridized carbons (Fsp3) is 1.00. The molecule has 0 radical (unpaired) electrons. The minimum atomic E-state index is -3.78. The van der Waals surface area contributed by atoms with Crippen molar-refractivity contribution in [2.45, 2.75) is 27.2 Å². The van der Waals surface area contributed by atoms with Crippen LogP contribution in [0.3, 0.4) is 0 Å². The molecule has 0 rings (SSSR count). The van der Waals surface area contributed by atoms with Crippen LogP contribution in [0, 0.1) is 11.8 Å². The summed E-state index contributed by atoms with van der Waals surface area (Å²) in [6.45, 7) is 8.00. The quantitative estimate of drug-likeness (QED) is 0.502. The highest BCUT2D eigenvalue weighted by molar-refractivity contribution is 7.85. The molecule has 0 aliphatic rings. The topological polar surface area (TPSA) is 66.4 Å². The molecule has 0 aromatic heterocycles. The minimum absolute atomic E-state index is 0.157. The summed E-state index contributed by atoms with van der Waals surface area (Å²) < 4.78 is 29.2. The predicted octanol–water partition coefficient (Wildman–Crippen LogP) is 1.15. The van der Waals surface area contributed by atoms with Crippen molar-refractivity contribution in [3.63, 3.8) is 0 Å². The lowest BCUT2D eigenvalue weighted by Gasteiger charge is -2.15. The lowest BCUT2D eigenvalue weighted by molar-refractivity contribution is 0.393. The average molecular weight is 223 g/mol. The maximum Gasteiger partial charge on any atom is 0.264 e. The van der Waals surface area contributed by atoms with Crippen LogP contribution in [0.2, 0.25) is 0 Å². The van der Waals surface area contributed by atoms with E-state index in [4.69, 9.17) is 4.55 Å². The molecule has 1 unspecified atom stereocenters. The molecule has 0 fully saturated rings. The van der Waals surface area contributed by atoms with E-state index in [1.54, 1.807) is 0 Å². The maximum absolute atomic E-state index is 10.4. The highest BCUT2D eigenvalue weighted by atomic mass is 32.2. The molecular formula is C9H21NO3S. The molecule has 0 aromatic carbocycles. The first kappa shape index (κ1) is 13.9. The standard InChI is InChI=1S/C9H21NO3S/c1-8(2)9(3)7-10-5-4-6-14(11,12)13/h8-10H,4-7H2,1-3H3,(H,11,12,13). The van der Waals surface area contributed by atoms with E-state index in [2.05, 4.69) is 26.1 Å². The first-order chi connectivity index (χ1) is 6.33. The van der Waals surface area contributed by atoms with Crippen molar-refractivity contribution in [2.24, 2.45) is 11.8 Å². The van der Waals surface area contributed by atoms with E-state index < -0.39 is 10.1 Å². The zero-order chi connectivity index (χ0) is 11.2. The highest BCUT2D eigenvalue weighted by Gasteiger charge is 2.06. The van der Waals surface area contributed by atoms with Gasteiger partial charge in [-0.25, -0.2) is 0 Å².